The molecule has 0 spiro atoms. The lowest BCUT2D eigenvalue weighted by molar-refractivity contribution is -0.385. The average molecular weight is 411 g/mol. The summed E-state index contributed by atoms with van der Waals surface area (Å²) in [4.78, 5) is 29.3. The Morgan fingerprint density at radius 2 is 1.13 bits per heavy atom. The molecule has 3 aromatic carbocycles. The fraction of sp³-hybridized carbons (Fsp3) is 0.143. The van der Waals surface area contributed by atoms with Gasteiger partial charge in [-0.05, 0) is 26.3 Å². The first kappa shape index (κ1) is 23.9. The van der Waals surface area contributed by atoms with E-state index in [0.29, 0.717) is 5.56 Å². The lowest BCUT2D eigenvalue weighted by atomic mass is 10.2. The van der Waals surface area contributed by atoms with Gasteiger partial charge in [-0.3, -0.25) is 30.3 Å². The van der Waals surface area contributed by atoms with Crippen LogP contribution >= 0.6 is 0 Å². The maximum absolute atomic E-state index is 10.2. The molecule has 0 heterocycles. The zero-order valence-electron chi connectivity index (χ0n) is 16.7. The molecule has 0 unspecified atom stereocenters. The second kappa shape index (κ2) is 11.6. The Kier molecular flexibility index (Phi) is 9.28. The largest absolute Gasteiger partial charge is 0.272 e. The van der Waals surface area contributed by atoms with Crippen molar-refractivity contribution in [2.24, 2.45) is 0 Å². The summed E-state index contributed by atoms with van der Waals surface area (Å²) < 4.78 is 0. The first-order valence-electron chi connectivity index (χ1n) is 8.74. The molecule has 156 valence electrons. The smallest absolute Gasteiger partial charge is 0.258 e. The first-order valence-corrected chi connectivity index (χ1v) is 8.74. The molecule has 0 aliphatic carbocycles. The number of rotatable bonds is 3. The highest BCUT2D eigenvalue weighted by atomic mass is 16.6. The molecular formula is C21H21N3O6. The number of benzene rings is 3. The van der Waals surface area contributed by atoms with E-state index in [-0.39, 0.29) is 22.0 Å². The van der Waals surface area contributed by atoms with E-state index in [0.717, 1.165) is 11.1 Å². The molecule has 0 saturated carbocycles. The van der Waals surface area contributed by atoms with Crippen LogP contribution in [0, 0.1) is 51.1 Å². The normalized spacial score (nSPS) is 9.30. The topological polar surface area (TPSA) is 129 Å². The van der Waals surface area contributed by atoms with Gasteiger partial charge in [-0.15, -0.1) is 0 Å². The molecule has 9 heteroatoms. The Morgan fingerprint density at radius 3 is 1.53 bits per heavy atom. The van der Waals surface area contributed by atoms with Crippen LogP contribution < -0.4 is 0 Å². The van der Waals surface area contributed by atoms with Crippen molar-refractivity contribution in [3.63, 3.8) is 0 Å². The van der Waals surface area contributed by atoms with E-state index in [4.69, 9.17) is 0 Å². The molecule has 0 N–H and O–H groups in total. The van der Waals surface area contributed by atoms with Crippen LogP contribution in [0.3, 0.4) is 0 Å². The molecule has 9 nitrogen and oxygen atoms in total. The van der Waals surface area contributed by atoms with Crippen LogP contribution in [0.5, 0.6) is 0 Å². The highest BCUT2D eigenvalue weighted by Crippen LogP contribution is 2.15. The Balaban J connectivity index is 0.000000225. The molecule has 0 atom stereocenters. The third-order valence-electron chi connectivity index (χ3n) is 3.77. The Hall–Kier alpha value is -4.14. The summed E-state index contributed by atoms with van der Waals surface area (Å²) in [6.45, 7) is 5.44. The van der Waals surface area contributed by atoms with Crippen molar-refractivity contribution in [1.82, 2.24) is 0 Å². The highest BCUT2D eigenvalue weighted by molar-refractivity contribution is 5.38. The number of non-ortho nitro benzene ring substituents is 2. The number of hydrogen-bond acceptors (Lipinski definition) is 6. The van der Waals surface area contributed by atoms with Crippen LogP contribution in [0.2, 0.25) is 0 Å². The van der Waals surface area contributed by atoms with Gasteiger partial charge in [-0.1, -0.05) is 48.0 Å². The average Bonchev–Trinajstić information content (AvgIpc) is 2.69. The third-order valence-corrected chi connectivity index (χ3v) is 3.77. The van der Waals surface area contributed by atoms with Crippen LogP contribution in [0.1, 0.15) is 16.7 Å². The van der Waals surface area contributed by atoms with Gasteiger partial charge < -0.3 is 0 Å². The molecular weight excluding hydrogens is 390 g/mol. The lowest BCUT2D eigenvalue weighted by Gasteiger charge is -1.92. The van der Waals surface area contributed by atoms with Crippen molar-refractivity contribution in [1.29, 1.82) is 0 Å². The SMILES string of the molecule is Cc1ccc([N+](=O)[O-])cc1.Cc1cccc([N+](=O)[O-])c1.Cc1ccccc1[N+](=O)[O-]. The second-order valence-corrected chi connectivity index (χ2v) is 6.23. The van der Waals surface area contributed by atoms with E-state index >= 15 is 0 Å². The van der Waals surface area contributed by atoms with Gasteiger partial charge >= 0.3 is 0 Å². The third kappa shape index (κ3) is 8.26. The molecule has 30 heavy (non-hydrogen) atoms. The van der Waals surface area contributed by atoms with Gasteiger partial charge in [0.1, 0.15) is 0 Å². The standard InChI is InChI=1S/3C7H7NO2/c1-6-2-4-7(5-3-6)8(9)10;1-6-3-2-4-7(5-6)8(9)10;1-6-4-2-3-5-7(6)8(9)10/h3*2-5H,1H3. The van der Waals surface area contributed by atoms with E-state index in [1.165, 1.54) is 24.3 Å². The summed E-state index contributed by atoms with van der Waals surface area (Å²) in [5.74, 6) is 0. The van der Waals surface area contributed by atoms with Crippen molar-refractivity contribution < 1.29 is 14.8 Å². The maximum Gasteiger partial charge on any atom is 0.272 e. The number of aryl methyl sites for hydroxylation is 3. The predicted octanol–water partition coefficient (Wildman–Crippen LogP) is 5.71. The Bertz CT molecular complexity index is 1020. The summed E-state index contributed by atoms with van der Waals surface area (Å²) in [6.07, 6.45) is 0. The monoisotopic (exact) mass is 411 g/mol. The van der Waals surface area contributed by atoms with Crippen molar-refractivity contribution in [3.8, 4) is 0 Å². The zero-order valence-corrected chi connectivity index (χ0v) is 16.7. The summed E-state index contributed by atoms with van der Waals surface area (Å²) in [6, 6.07) is 19.6. The number of nitro groups is 3. The Morgan fingerprint density at radius 1 is 0.567 bits per heavy atom. The number of para-hydroxylation sites is 1. The number of hydrogen-bond donors (Lipinski definition) is 0. The molecule has 3 aromatic rings. The zero-order chi connectivity index (χ0) is 22.7. The summed E-state index contributed by atoms with van der Waals surface area (Å²) in [5.41, 5.74) is 3.13. The molecule has 0 aliphatic heterocycles. The molecule has 0 saturated heterocycles. The van der Waals surface area contributed by atoms with E-state index in [1.807, 2.05) is 19.9 Å². The van der Waals surface area contributed by atoms with Gasteiger partial charge in [0.05, 0.1) is 14.8 Å². The van der Waals surface area contributed by atoms with Crippen molar-refractivity contribution in [2.75, 3.05) is 0 Å². The molecule has 3 rings (SSSR count). The van der Waals surface area contributed by atoms with Crippen molar-refractivity contribution >= 4 is 17.1 Å². The molecule has 0 bridgehead atoms. The van der Waals surface area contributed by atoms with E-state index in [2.05, 4.69) is 0 Å². The minimum absolute atomic E-state index is 0.144. The summed E-state index contributed by atoms with van der Waals surface area (Å²) in [7, 11) is 0. The minimum atomic E-state index is -0.403. The second-order valence-electron chi connectivity index (χ2n) is 6.23. The van der Waals surface area contributed by atoms with Crippen LogP contribution in [-0.2, 0) is 0 Å². The van der Waals surface area contributed by atoms with Crippen LogP contribution in [0.15, 0.2) is 72.8 Å². The van der Waals surface area contributed by atoms with Crippen LogP contribution in [0.4, 0.5) is 17.1 Å². The molecule has 0 radical (unpaired) electrons. The van der Waals surface area contributed by atoms with Gasteiger partial charge in [0.25, 0.3) is 17.1 Å². The predicted molar refractivity (Wildman–Crippen MR) is 114 cm³/mol. The minimum Gasteiger partial charge on any atom is -0.258 e. The maximum atomic E-state index is 10.2. The van der Waals surface area contributed by atoms with Gasteiger partial charge in [-0.2, -0.15) is 0 Å². The van der Waals surface area contributed by atoms with Gasteiger partial charge in [-0.25, -0.2) is 0 Å². The number of nitro benzene ring substituents is 3. The van der Waals surface area contributed by atoms with Crippen LogP contribution in [0.25, 0.3) is 0 Å². The van der Waals surface area contributed by atoms with Crippen molar-refractivity contribution in [3.05, 3.63) is 120 Å². The summed E-state index contributed by atoms with van der Waals surface area (Å²) >= 11 is 0. The molecule has 0 aliphatic rings. The van der Waals surface area contributed by atoms with E-state index in [9.17, 15) is 30.3 Å². The molecule has 0 amide bonds. The van der Waals surface area contributed by atoms with E-state index < -0.39 is 9.85 Å². The highest BCUT2D eigenvalue weighted by Gasteiger charge is 2.06. The van der Waals surface area contributed by atoms with Gasteiger partial charge in [0, 0.05) is 35.9 Å². The van der Waals surface area contributed by atoms with Gasteiger partial charge in [0.15, 0.2) is 0 Å². The molecule has 0 fully saturated rings. The molecule has 0 aromatic heterocycles. The lowest BCUT2D eigenvalue weighted by Crippen LogP contribution is -1.89. The summed E-state index contributed by atoms with van der Waals surface area (Å²) in [5, 5.41) is 30.5. The van der Waals surface area contributed by atoms with Gasteiger partial charge in [0.2, 0.25) is 0 Å². The fourth-order valence-corrected chi connectivity index (χ4v) is 2.18. The number of nitrogens with zero attached hydrogens (tertiary/aromatic N) is 3. The fourth-order valence-electron chi connectivity index (χ4n) is 2.18. The first-order chi connectivity index (χ1) is 14.1. The van der Waals surface area contributed by atoms with Crippen molar-refractivity contribution in [2.45, 2.75) is 20.8 Å². The Labute approximate surface area is 173 Å². The quantitative estimate of drug-likeness (QED) is 0.401. The van der Waals surface area contributed by atoms with Crippen LogP contribution in [-0.4, -0.2) is 14.8 Å². The van der Waals surface area contributed by atoms with E-state index in [1.54, 1.807) is 49.4 Å².